The molecule has 33 heavy (non-hydrogen) atoms. The summed E-state index contributed by atoms with van der Waals surface area (Å²) < 4.78 is 27.6. The molecule has 1 aliphatic carbocycles. The summed E-state index contributed by atoms with van der Waals surface area (Å²) in [5.41, 5.74) is 4.08. The molecule has 2 aromatic carbocycles. The second kappa shape index (κ2) is 8.58. The van der Waals surface area contributed by atoms with Crippen molar-refractivity contribution in [1.29, 1.82) is 0 Å². The Labute approximate surface area is 192 Å². The molecule has 2 aromatic rings. The van der Waals surface area contributed by atoms with Crippen LogP contribution in [-0.2, 0) is 16.0 Å². The van der Waals surface area contributed by atoms with Crippen LogP contribution in [0.5, 0.6) is 0 Å². The Hall–Kier alpha value is -3.28. The molecule has 0 spiro atoms. The zero-order valence-corrected chi connectivity index (χ0v) is 19.3. The number of benzene rings is 2. The molecule has 0 radical (unpaired) electrons. The number of ketones is 1. The third-order valence-corrected chi connectivity index (χ3v) is 6.38. The van der Waals surface area contributed by atoms with E-state index in [-0.39, 0.29) is 16.9 Å². The maximum Gasteiger partial charge on any atom is 0.254 e. The van der Waals surface area contributed by atoms with Gasteiger partial charge in [0.05, 0.1) is 5.69 Å². The first-order chi connectivity index (χ1) is 15.6. The van der Waals surface area contributed by atoms with Crippen molar-refractivity contribution in [2.75, 3.05) is 5.32 Å². The van der Waals surface area contributed by atoms with Crippen LogP contribution in [0.2, 0.25) is 0 Å². The summed E-state index contributed by atoms with van der Waals surface area (Å²) in [4.78, 5) is 26.7. The highest BCUT2D eigenvalue weighted by atomic mass is 19.1. The highest BCUT2D eigenvalue weighted by Crippen LogP contribution is 2.46. The van der Waals surface area contributed by atoms with Crippen LogP contribution in [0, 0.1) is 17.0 Å². The van der Waals surface area contributed by atoms with Crippen molar-refractivity contribution in [3.05, 3.63) is 87.8 Å². The Balaban J connectivity index is 1.80. The van der Waals surface area contributed by atoms with Crippen molar-refractivity contribution in [3.8, 4) is 0 Å². The Bertz CT molecular complexity index is 1190. The van der Waals surface area contributed by atoms with Crippen molar-refractivity contribution in [2.24, 2.45) is 5.41 Å². The standard InChI is InChI=1S/C27H28F2N2O2/c1-5-16-6-8-17(9-7-16)24-23(26(33)31-20-11-10-18(28)12-19(20)29)15(2)30-21-13-27(3,4)14-22(32)25(21)24/h6-12,24,30H,5,13-14H2,1-4H3,(H,31,33)/t24-/m1/s1. The average Bonchev–Trinajstić information content (AvgIpc) is 2.73. The van der Waals surface area contributed by atoms with E-state index in [1.54, 1.807) is 6.92 Å². The van der Waals surface area contributed by atoms with E-state index in [1.165, 1.54) is 6.07 Å². The number of hydrogen-bond donors (Lipinski definition) is 2. The first-order valence-corrected chi connectivity index (χ1v) is 11.2. The van der Waals surface area contributed by atoms with Gasteiger partial charge in [-0.1, -0.05) is 45.0 Å². The average molecular weight is 451 g/mol. The van der Waals surface area contributed by atoms with Gasteiger partial charge in [0, 0.05) is 40.9 Å². The molecule has 172 valence electrons. The Morgan fingerprint density at radius 1 is 1.12 bits per heavy atom. The van der Waals surface area contributed by atoms with Crippen LogP contribution in [0.15, 0.2) is 65.0 Å². The smallest absolute Gasteiger partial charge is 0.254 e. The number of halogens is 2. The van der Waals surface area contributed by atoms with E-state index in [2.05, 4.69) is 31.4 Å². The third kappa shape index (κ3) is 4.47. The number of Topliss-reactive ketones (excluding diaryl/α,β-unsaturated/α-hetero) is 1. The minimum absolute atomic E-state index is 0.00378. The highest BCUT2D eigenvalue weighted by molar-refractivity contribution is 6.10. The van der Waals surface area contributed by atoms with Gasteiger partial charge in [0.15, 0.2) is 5.78 Å². The molecule has 6 heteroatoms. The number of carbonyl (C=O) groups excluding carboxylic acids is 2. The van der Waals surface area contributed by atoms with Crippen molar-refractivity contribution < 1.29 is 18.4 Å². The molecule has 4 nitrogen and oxygen atoms in total. The zero-order chi connectivity index (χ0) is 23.9. The molecule has 0 unspecified atom stereocenters. The lowest BCUT2D eigenvalue weighted by atomic mass is 9.68. The molecule has 2 aliphatic rings. The maximum absolute atomic E-state index is 14.2. The van der Waals surface area contributed by atoms with E-state index in [9.17, 15) is 18.4 Å². The number of nitrogens with one attached hydrogen (secondary N) is 2. The summed E-state index contributed by atoms with van der Waals surface area (Å²) in [5, 5.41) is 5.87. The fourth-order valence-corrected chi connectivity index (χ4v) is 4.80. The summed E-state index contributed by atoms with van der Waals surface area (Å²) in [6.07, 6.45) is 1.95. The van der Waals surface area contributed by atoms with Crippen LogP contribution in [-0.4, -0.2) is 11.7 Å². The molecule has 1 atom stereocenters. The quantitative estimate of drug-likeness (QED) is 0.622. The number of carbonyl (C=O) groups is 2. The van der Waals surface area contributed by atoms with Crippen LogP contribution < -0.4 is 10.6 Å². The van der Waals surface area contributed by atoms with Gasteiger partial charge in [-0.3, -0.25) is 9.59 Å². The van der Waals surface area contributed by atoms with Crippen LogP contribution in [0.3, 0.4) is 0 Å². The second-order valence-corrected chi connectivity index (χ2v) is 9.60. The molecule has 0 saturated heterocycles. The normalized spacial score (nSPS) is 19.8. The third-order valence-electron chi connectivity index (χ3n) is 6.38. The first-order valence-electron chi connectivity index (χ1n) is 11.2. The second-order valence-electron chi connectivity index (χ2n) is 9.60. The van der Waals surface area contributed by atoms with Gasteiger partial charge in [0.1, 0.15) is 11.6 Å². The van der Waals surface area contributed by atoms with Crippen LogP contribution >= 0.6 is 0 Å². The lowest BCUT2D eigenvalue weighted by Crippen LogP contribution is -2.39. The minimum atomic E-state index is -0.857. The Kier molecular flexibility index (Phi) is 5.95. The summed E-state index contributed by atoms with van der Waals surface area (Å²) >= 11 is 0. The molecule has 1 aliphatic heterocycles. The monoisotopic (exact) mass is 450 g/mol. The fourth-order valence-electron chi connectivity index (χ4n) is 4.80. The molecule has 0 aromatic heterocycles. The summed E-state index contributed by atoms with van der Waals surface area (Å²) in [5.74, 6) is -2.67. The van der Waals surface area contributed by atoms with Gasteiger partial charge in [-0.05, 0) is 48.4 Å². The summed E-state index contributed by atoms with van der Waals surface area (Å²) in [7, 11) is 0. The molecular weight excluding hydrogens is 422 g/mol. The predicted molar refractivity (Wildman–Crippen MR) is 124 cm³/mol. The molecule has 1 amide bonds. The molecule has 4 rings (SSSR count). The van der Waals surface area contributed by atoms with Crippen LogP contribution in [0.25, 0.3) is 0 Å². The van der Waals surface area contributed by atoms with Gasteiger partial charge in [-0.25, -0.2) is 8.78 Å². The van der Waals surface area contributed by atoms with Gasteiger partial charge in [-0.2, -0.15) is 0 Å². The predicted octanol–water partition coefficient (Wildman–Crippen LogP) is 5.77. The molecule has 0 bridgehead atoms. The highest BCUT2D eigenvalue weighted by Gasteiger charge is 2.42. The number of allylic oxidation sites excluding steroid dienone is 3. The van der Waals surface area contributed by atoms with Gasteiger partial charge in [0.2, 0.25) is 0 Å². The lowest BCUT2D eigenvalue weighted by Gasteiger charge is -2.39. The van der Waals surface area contributed by atoms with E-state index in [0.29, 0.717) is 29.7 Å². The number of anilines is 1. The van der Waals surface area contributed by atoms with E-state index in [1.807, 2.05) is 24.3 Å². The number of dihydropyridines is 1. The van der Waals surface area contributed by atoms with E-state index in [4.69, 9.17) is 0 Å². The van der Waals surface area contributed by atoms with Crippen molar-refractivity contribution in [2.45, 2.75) is 52.9 Å². The SMILES string of the molecule is CCc1ccc([C@@H]2C(C(=O)Nc3ccc(F)cc3F)=C(C)NC3=C2C(=O)CC(C)(C)C3)cc1. The zero-order valence-electron chi connectivity index (χ0n) is 19.3. The van der Waals surface area contributed by atoms with Crippen molar-refractivity contribution in [3.63, 3.8) is 0 Å². The molecule has 0 fully saturated rings. The number of amides is 1. The topological polar surface area (TPSA) is 58.2 Å². The maximum atomic E-state index is 14.2. The lowest BCUT2D eigenvalue weighted by molar-refractivity contribution is -0.118. The van der Waals surface area contributed by atoms with Crippen molar-refractivity contribution >= 4 is 17.4 Å². The van der Waals surface area contributed by atoms with E-state index >= 15 is 0 Å². The number of aryl methyl sites for hydroxylation is 1. The van der Waals surface area contributed by atoms with E-state index < -0.39 is 23.5 Å². The number of rotatable bonds is 4. The Morgan fingerprint density at radius 3 is 2.45 bits per heavy atom. The first kappa shape index (κ1) is 22.9. The molecular formula is C27H28F2N2O2. The summed E-state index contributed by atoms with van der Waals surface area (Å²) in [6.45, 7) is 7.96. The minimum Gasteiger partial charge on any atom is -0.362 e. The van der Waals surface area contributed by atoms with Gasteiger partial charge < -0.3 is 10.6 Å². The van der Waals surface area contributed by atoms with E-state index in [0.717, 1.165) is 35.4 Å². The molecule has 2 N–H and O–H groups in total. The van der Waals surface area contributed by atoms with Gasteiger partial charge in [0.25, 0.3) is 5.91 Å². The number of hydrogen-bond acceptors (Lipinski definition) is 3. The largest absolute Gasteiger partial charge is 0.362 e. The molecule has 0 saturated carbocycles. The van der Waals surface area contributed by atoms with Crippen LogP contribution in [0.1, 0.15) is 57.6 Å². The summed E-state index contributed by atoms with van der Waals surface area (Å²) in [6, 6.07) is 10.9. The Morgan fingerprint density at radius 2 is 1.82 bits per heavy atom. The fraction of sp³-hybridized carbons (Fsp3) is 0.333. The molecule has 1 heterocycles. The van der Waals surface area contributed by atoms with Crippen LogP contribution in [0.4, 0.5) is 14.5 Å². The van der Waals surface area contributed by atoms with Gasteiger partial charge >= 0.3 is 0 Å². The van der Waals surface area contributed by atoms with Crippen molar-refractivity contribution in [1.82, 2.24) is 5.32 Å². The van der Waals surface area contributed by atoms with Gasteiger partial charge in [-0.15, -0.1) is 0 Å².